The molecule has 0 spiro atoms. The second-order valence-electron chi connectivity index (χ2n) is 9.90. The van der Waals surface area contributed by atoms with E-state index in [-0.39, 0.29) is 18.6 Å². The molecule has 1 aromatic heterocycles. The summed E-state index contributed by atoms with van der Waals surface area (Å²) < 4.78 is 13.5. The van der Waals surface area contributed by atoms with Gasteiger partial charge in [0.2, 0.25) is 12.7 Å². The number of benzene rings is 3. The minimum atomic E-state index is -0.0675. The van der Waals surface area contributed by atoms with Gasteiger partial charge in [0.05, 0.1) is 0 Å². The van der Waals surface area contributed by atoms with Gasteiger partial charge in [-0.3, -0.25) is 9.69 Å². The molecule has 0 radical (unpaired) electrons. The Morgan fingerprint density at radius 2 is 1.65 bits per heavy atom. The van der Waals surface area contributed by atoms with Crippen LogP contribution in [0.1, 0.15) is 36.0 Å². The molecule has 6 heteroatoms. The molecule has 1 saturated heterocycles. The number of nitrogens with zero attached hydrogens (tertiary/aromatic N) is 3. The van der Waals surface area contributed by atoms with Gasteiger partial charge in [0.15, 0.2) is 11.5 Å². The first-order valence-corrected chi connectivity index (χ1v) is 13.2. The highest BCUT2D eigenvalue weighted by Crippen LogP contribution is 2.40. The Hall–Kier alpha value is -3.77. The molecule has 37 heavy (non-hydrogen) atoms. The summed E-state index contributed by atoms with van der Waals surface area (Å²) in [5.74, 6) is 1.65. The van der Waals surface area contributed by atoms with Gasteiger partial charge in [-0.2, -0.15) is 0 Å². The van der Waals surface area contributed by atoms with Crippen molar-refractivity contribution < 1.29 is 14.3 Å². The van der Waals surface area contributed by atoms with E-state index in [1.165, 1.54) is 22.0 Å². The van der Waals surface area contributed by atoms with E-state index in [1.807, 2.05) is 11.0 Å². The minimum absolute atomic E-state index is 0.0675. The summed E-state index contributed by atoms with van der Waals surface area (Å²) in [5, 5.41) is 1.20. The van der Waals surface area contributed by atoms with E-state index in [0.29, 0.717) is 6.42 Å². The third kappa shape index (κ3) is 4.81. The Kier molecular flexibility index (Phi) is 6.58. The molecule has 0 N–H and O–H groups in total. The van der Waals surface area contributed by atoms with Gasteiger partial charge in [-0.25, -0.2) is 0 Å². The van der Waals surface area contributed by atoms with Gasteiger partial charge in [0.25, 0.3) is 0 Å². The monoisotopic (exact) mass is 495 g/mol. The lowest BCUT2D eigenvalue weighted by Gasteiger charge is -2.35. The van der Waals surface area contributed by atoms with E-state index in [9.17, 15) is 4.79 Å². The van der Waals surface area contributed by atoms with Gasteiger partial charge in [0.1, 0.15) is 0 Å². The number of fused-ring (bicyclic) bond motifs is 2. The first-order valence-electron chi connectivity index (χ1n) is 13.2. The molecule has 1 atom stereocenters. The zero-order valence-corrected chi connectivity index (χ0v) is 21.3. The van der Waals surface area contributed by atoms with Crippen LogP contribution in [0.2, 0.25) is 0 Å². The van der Waals surface area contributed by atoms with Crippen LogP contribution in [-0.4, -0.2) is 53.2 Å². The molecule has 0 aliphatic carbocycles. The fourth-order valence-electron chi connectivity index (χ4n) is 5.65. The van der Waals surface area contributed by atoms with Crippen molar-refractivity contribution in [3.05, 3.63) is 95.7 Å². The summed E-state index contributed by atoms with van der Waals surface area (Å²) in [4.78, 5) is 18.2. The molecule has 6 rings (SSSR count). The fourth-order valence-corrected chi connectivity index (χ4v) is 5.65. The summed E-state index contributed by atoms with van der Waals surface area (Å²) in [6, 6.07) is 25.1. The zero-order valence-electron chi connectivity index (χ0n) is 21.3. The van der Waals surface area contributed by atoms with Crippen LogP contribution in [0.15, 0.2) is 79.0 Å². The van der Waals surface area contributed by atoms with Gasteiger partial charge < -0.3 is 18.9 Å². The highest BCUT2D eigenvalue weighted by atomic mass is 16.7. The number of para-hydroxylation sites is 1. The Labute approximate surface area is 218 Å². The van der Waals surface area contributed by atoms with Crippen molar-refractivity contribution in [1.82, 2.24) is 14.4 Å². The SMILES string of the molecule is CCn1cc(C(CC(=O)N2CCN(Cc3ccccc3)CC2)c2ccc3c(c2)OCO3)c2ccccc21. The molecule has 2 aliphatic rings. The molecule has 1 amide bonds. The van der Waals surface area contributed by atoms with Gasteiger partial charge >= 0.3 is 0 Å². The standard InChI is InChI=1S/C31H33N3O3/c1-2-33-21-27(25-10-6-7-11-28(25)33)26(24-12-13-29-30(18-24)37-22-36-29)19-31(35)34-16-14-32(15-17-34)20-23-8-4-3-5-9-23/h3-13,18,21,26H,2,14-17,19-20,22H2,1H3. The predicted octanol–water partition coefficient (Wildman–Crippen LogP) is 5.26. The van der Waals surface area contributed by atoms with E-state index in [1.54, 1.807) is 0 Å². The zero-order chi connectivity index (χ0) is 25.2. The number of piperazine rings is 1. The quantitative estimate of drug-likeness (QED) is 0.351. The Balaban J connectivity index is 1.24. The molecule has 3 heterocycles. The van der Waals surface area contributed by atoms with E-state index < -0.39 is 0 Å². The summed E-state index contributed by atoms with van der Waals surface area (Å²) >= 11 is 0. The van der Waals surface area contributed by atoms with Crippen LogP contribution in [0.4, 0.5) is 0 Å². The highest BCUT2D eigenvalue weighted by Gasteiger charge is 2.28. The molecular weight excluding hydrogens is 462 g/mol. The topological polar surface area (TPSA) is 46.9 Å². The molecule has 3 aromatic carbocycles. The van der Waals surface area contributed by atoms with Gasteiger partial charge in [-0.1, -0.05) is 54.6 Å². The first-order chi connectivity index (χ1) is 18.2. The molecule has 2 aliphatic heterocycles. The number of rotatable bonds is 7. The van der Waals surface area contributed by atoms with Gasteiger partial charge in [0, 0.05) is 68.7 Å². The van der Waals surface area contributed by atoms with Crippen molar-refractivity contribution in [3.63, 3.8) is 0 Å². The number of hydrogen-bond acceptors (Lipinski definition) is 4. The van der Waals surface area contributed by atoms with Crippen molar-refractivity contribution in [3.8, 4) is 11.5 Å². The molecule has 1 fully saturated rings. The summed E-state index contributed by atoms with van der Waals surface area (Å²) in [6.07, 6.45) is 2.65. The van der Waals surface area contributed by atoms with E-state index in [2.05, 4.69) is 89.3 Å². The molecule has 0 saturated carbocycles. The number of hydrogen-bond donors (Lipinski definition) is 0. The average Bonchev–Trinajstić information content (AvgIpc) is 3.57. The third-order valence-corrected chi connectivity index (χ3v) is 7.69. The maximum Gasteiger partial charge on any atom is 0.231 e. The predicted molar refractivity (Wildman–Crippen MR) is 145 cm³/mol. The highest BCUT2D eigenvalue weighted by molar-refractivity contribution is 5.87. The minimum Gasteiger partial charge on any atom is -0.454 e. The fraction of sp³-hybridized carbons (Fsp3) is 0.323. The van der Waals surface area contributed by atoms with Crippen LogP contribution in [-0.2, 0) is 17.9 Å². The molecule has 0 bridgehead atoms. The van der Waals surface area contributed by atoms with E-state index >= 15 is 0 Å². The summed E-state index contributed by atoms with van der Waals surface area (Å²) in [6.45, 7) is 7.52. The Morgan fingerprint density at radius 3 is 2.46 bits per heavy atom. The number of ether oxygens (including phenoxy) is 2. The largest absolute Gasteiger partial charge is 0.454 e. The molecule has 190 valence electrons. The number of carbonyl (C=O) groups excluding carboxylic acids is 1. The average molecular weight is 496 g/mol. The normalized spacial score (nSPS) is 16.3. The summed E-state index contributed by atoms with van der Waals surface area (Å²) in [5.41, 5.74) is 4.79. The second kappa shape index (κ2) is 10.3. The van der Waals surface area contributed by atoms with E-state index in [0.717, 1.165) is 56.3 Å². The smallest absolute Gasteiger partial charge is 0.231 e. The lowest BCUT2D eigenvalue weighted by Crippen LogP contribution is -2.48. The summed E-state index contributed by atoms with van der Waals surface area (Å²) in [7, 11) is 0. The van der Waals surface area contributed by atoms with Crippen molar-refractivity contribution in [1.29, 1.82) is 0 Å². The Morgan fingerprint density at radius 1 is 0.892 bits per heavy atom. The van der Waals surface area contributed by atoms with Crippen LogP contribution in [0, 0.1) is 0 Å². The van der Waals surface area contributed by atoms with Gasteiger partial charge in [-0.05, 0) is 41.8 Å². The van der Waals surface area contributed by atoms with E-state index in [4.69, 9.17) is 9.47 Å². The molecular formula is C31H33N3O3. The van der Waals surface area contributed by atoms with Crippen molar-refractivity contribution in [2.24, 2.45) is 0 Å². The first kappa shape index (κ1) is 23.6. The maximum atomic E-state index is 13.7. The molecule has 4 aromatic rings. The van der Waals surface area contributed by atoms with Gasteiger partial charge in [-0.15, -0.1) is 0 Å². The third-order valence-electron chi connectivity index (χ3n) is 7.69. The van der Waals surface area contributed by atoms with Crippen LogP contribution < -0.4 is 9.47 Å². The second-order valence-corrected chi connectivity index (χ2v) is 9.90. The lowest BCUT2D eigenvalue weighted by molar-refractivity contribution is -0.133. The molecule has 6 nitrogen and oxygen atoms in total. The van der Waals surface area contributed by atoms with Crippen LogP contribution >= 0.6 is 0 Å². The van der Waals surface area contributed by atoms with Crippen molar-refractivity contribution in [2.75, 3.05) is 33.0 Å². The molecule has 1 unspecified atom stereocenters. The van der Waals surface area contributed by atoms with Crippen LogP contribution in [0.25, 0.3) is 10.9 Å². The van der Waals surface area contributed by atoms with Crippen molar-refractivity contribution in [2.45, 2.75) is 32.4 Å². The number of aryl methyl sites for hydroxylation is 1. The number of amides is 1. The maximum absolute atomic E-state index is 13.7. The van der Waals surface area contributed by atoms with Crippen molar-refractivity contribution >= 4 is 16.8 Å². The lowest BCUT2D eigenvalue weighted by atomic mass is 9.87. The number of carbonyl (C=O) groups is 1. The number of aromatic nitrogens is 1. The van der Waals surface area contributed by atoms with Crippen LogP contribution in [0.5, 0.6) is 11.5 Å². The Bertz CT molecular complexity index is 1390. The van der Waals surface area contributed by atoms with Crippen LogP contribution in [0.3, 0.4) is 0 Å².